The molecule has 30 heavy (non-hydrogen) atoms. The normalized spacial score (nSPS) is 10.4. The van der Waals surface area contributed by atoms with E-state index < -0.39 is 11.8 Å². The molecule has 0 aliphatic heterocycles. The van der Waals surface area contributed by atoms with Crippen LogP contribution in [0.2, 0.25) is 0 Å². The fraction of sp³-hybridized carbons (Fsp3) is 0.0455. The van der Waals surface area contributed by atoms with Crippen LogP contribution in [0.15, 0.2) is 89.7 Å². The highest BCUT2D eigenvalue weighted by molar-refractivity contribution is 5.97. The van der Waals surface area contributed by atoms with Gasteiger partial charge in [-0.3, -0.25) is 25.0 Å². The molecule has 0 atom stereocenters. The Morgan fingerprint density at radius 1 is 0.900 bits per heavy atom. The van der Waals surface area contributed by atoms with E-state index in [0.29, 0.717) is 11.5 Å². The molecule has 0 fully saturated rings. The van der Waals surface area contributed by atoms with Crippen LogP contribution in [0.3, 0.4) is 0 Å². The summed E-state index contributed by atoms with van der Waals surface area (Å²) in [5.41, 5.74) is 5.76. The lowest BCUT2D eigenvalue weighted by Crippen LogP contribution is -2.42. The zero-order valence-electron chi connectivity index (χ0n) is 15.8. The molecule has 150 valence electrons. The molecule has 0 aliphatic rings. The third-order valence-corrected chi connectivity index (χ3v) is 4.20. The molecule has 2 amide bonds. The minimum atomic E-state index is -0.583. The van der Waals surface area contributed by atoms with Crippen LogP contribution in [0.4, 0.5) is 0 Å². The molecule has 4 aromatic rings. The second-order valence-electron chi connectivity index (χ2n) is 6.26. The molecular weight excluding hydrogens is 384 g/mol. The van der Waals surface area contributed by atoms with E-state index >= 15 is 0 Å². The topological polar surface area (TPSA) is 98.4 Å². The molecule has 0 spiro atoms. The largest absolute Gasteiger partial charge is 0.486 e. The summed E-state index contributed by atoms with van der Waals surface area (Å²) in [6.45, 7) is 0.180. The minimum Gasteiger partial charge on any atom is -0.486 e. The summed E-state index contributed by atoms with van der Waals surface area (Å²) < 4.78 is 12.7. The molecule has 8 nitrogen and oxygen atoms in total. The number of ether oxygens (including phenoxy) is 1. The van der Waals surface area contributed by atoms with Crippen molar-refractivity contribution in [3.05, 3.63) is 103 Å². The van der Waals surface area contributed by atoms with Gasteiger partial charge in [0.2, 0.25) is 0 Å². The van der Waals surface area contributed by atoms with Crippen molar-refractivity contribution in [2.45, 2.75) is 6.61 Å². The smallest absolute Gasteiger partial charge is 0.305 e. The van der Waals surface area contributed by atoms with E-state index in [1.165, 1.54) is 18.6 Å². The van der Waals surface area contributed by atoms with Crippen molar-refractivity contribution in [3.63, 3.8) is 0 Å². The Bertz CT molecular complexity index is 1140. The van der Waals surface area contributed by atoms with Gasteiger partial charge in [-0.2, -0.15) is 0 Å². The second-order valence-corrected chi connectivity index (χ2v) is 6.26. The molecule has 2 aromatic carbocycles. The molecule has 4 rings (SSSR count). The monoisotopic (exact) mass is 402 g/mol. The number of hydrazine groups is 1. The van der Waals surface area contributed by atoms with Crippen LogP contribution in [0.1, 0.15) is 26.8 Å². The highest BCUT2D eigenvalue weighted by Crippen LogP contribution is 2.14. The van der Waals surface area contributed by atoms with Crippen molar-refractivity contribution in [2.75, 3.05) is 0 Å². The molecule has 2 aromatic heterocycles. The molecule has 0 aliphatic carbocycles. The van der Waals surface area contributed by atoms with E-state index in [0.717, 1.165) is 5.69 Å². The Kier molecular flexibility index (Phi) is 5.56. The van der Waals surface area contributed by atoms with Gasteiger partial charge < -0.3 is 9.15 Å². The van der Waals surface area contributed by atoms with Crippen molar-refractivity contribution in [1.29, 1.82) is 0 Å². The molecule has 0 unspecified atom stereocenters. The van der Waals surface area contributed by atoms with E-state index in [1.807, 2.05) is 60.7 Å². The molecule has 0 saturated carbocycles. The zero-order valence-corrected chi connectivity index (χ0v) is 15.8. The van der Waals surface area contributed by atoms with E-state index in [4.69, 9.17) is 9.15 Å². The first kappa shape index (κ1) is 19.0. The summed E-state index contributed by atoms with van der Waals surface area (Å²) in [4.78, 5) is 28.8. The first-order valence-electron chi connectivity index (χ1n) is 9.16. The fourth-order valence-electron chi connectivity index (χ4n) is 2.75. The Hall–Kier alpha value is -4.33. The lowest BCUT2D eigenvalue weighted by Gasteiger charge is -2.09. The highest BCUT2D eigenvalue weighted by atomic mass is 16.5. The minimum absolute atomic E-state index is 0.0542. The zero-order chi connectivity index (χ0) is 20.8. The standard InChI is InChI=1S/C22H18N4O4/c27-21(19-13-23-15-26(19)16-7-3-1-4-8-16)24-25-22(28)20-12-11-18(30-20)14-29-17-9-5-2-6-10-17/h1-13,15H,14H2,(H,24,27)(H,25,28). The maximum absolute atomic E-state index is 12.5. The number of hydrogen-bond donors (Lipinski definition) is 2. The average Bonchev–Trinajstić information content (AvgIpc) is 3.47. The molecule has 0 radical (unpaired) electrons. The predicted octanol–water partition coefficient (Wildman–Crippen LogP) is 3.12. The lowest BCUT2D eigenvalue weighted by atomic mass is 10.3. The second kappa shape index (κ2) is 8.78. The Balaban J connectivity index is 1.34. The summed E-state index contributed by atoms with van der Waals surface area (Å²) in [7, 11) is 0. The van der Waals surface area contributed by atoms with Gasteiger partial charge in [0.25, 0.3) is 5.91 Å². The summed E-state index contributed by atoms with van der Waals surface area (Å²) in [5, 5.41) is 0. The number of nitrogens with zero attached hydrogens (tertiary/aromatic N) is 2. The molecule has 2 N–H and O–H groups in total. The Morgan fingerprint density at radius 3 is 2.37 bits per heavy atom. The summed E-state index contributed by atoms with van der Waals surface area (Å²) in [6.07, 6.45) is 2.94. The van der Waals surface area contributed by atoms with Gasteiger partial charge in [0, 0.05) is 5.69 Å². The third-order valence-electron chi connectivity index (χ3n) is 4.20. The van der Waals surface area contributed by atoms with Crippen LogP contribution in [-0.4, -0.2) is 21.4 Å². The lowest BCUT2D eigenvalue weighted by molar-refractivity contribution is 0.0825. The van der Waals surface area contributed by atoms with Crippen LogP contribution in [-0.2, 0) is 6.61 Å². The number of imidazole rings is 1. The molecule has 8 heteroatoms. The van der Waals surface area contributed by atoms with E-state index in [2.05, 4.69) is 15.8 Å². The number of benzene rings is 2. The van der Waals surface area contributed by atoms with Gasteiger partial charge in [-0.05, 0) is 36.4 Å². The number of carbonyl (C=O) groups is 2. The molecule has 2 heterocycles. The Labute approximate surface area is 172 Å². The van der Waals surface area contributed by atoms with Crippen LogP contribution in [0, 0.1) is 0 Å². The Morgan fingerprint density at radius 2 is 1.60 bits per heavy atom. The van der Waals surface area contributed by atoms with Gasteiger partial charge in [-0.1, -0.05) is 36.4 Å². The van der Waals surface area contributed by atoms with Crippen molar-refractivity contribution in [3.8, 4) is 11.4 Å². The maximum atomic E-state index is 12.5. The average molecular weight is 402 g/mol. The van der Waals surface area contributed by atoms with Crippen molar-refractivity contribution in [1.82, 2.24) is 20.4 Å². The highest BCUT2D eigenvalue weighted by Gasteiger charge is 2.16. The summed E-state index contributed by atoms with van der Waals surface area (Å²) in [5.74, 6) is 0.141. The van der Waals surface area contributed by atoms with Gasteiger partial charge in [0.1, 0.15) is 23.8 Å². The van der Waals surface area contributed by atoms with Crippen molar-refractivity contribution < 1.29 is 18.7 Å². The van der Waals surface area contributed by atoms with Crippen LogP contribution >= 0.6 is 0 Å². The van der Waals surface area contributed by atoms with Gasteiger partial charge in [0.05, 0.1) is 12.5 Å². The molecule has 0 saturated heterocycles. The number of amides is 2. The van der Waals surface area contributed by atoms with Crippen molar-refractivity contribution in [2.24, 2.45) is 0 Å². The molecular formula is C22H18N4O4. The van der Waals surface area contributed by atoms with Crippen LogP contribution < -0.4 is 15.6 Å². The number of furan rings is 1. The van der Waals surface area contributed by atoms with Crippen LogP contribution in [0.5, 0.6) is 5.75 Å². The number of hydrogen-bond acceptors (Lipinski definition) is 5. The van der Waals surface area contributed by atoms with Gasteiger partial charge in [-0.25, -0.2) is 4.98 Å². The fourth-order valence-corrected chi connectivity index (χ4v) is 2.75. The van der Waals surface area contributed by atoms with E-state index in [-0.39, 0.29) is 18.1 Å². The first-order chi connectivity index (χ1) is 14.7. The number of rotatable bonds is 6. The number of aromatic nitrogens is 2. The van der Waals surface area contributed by atoms with Gasteiger partial charge in [-0.15, -0.1) is 0 Å². The summed E-state index contributed by atoms with van der Waals surface area (Å²) in [6, 6.07) is 21.7. The quantitative estimate of drug-likeness (QED) is 0.483. The van der Waals surface area contributed by atoms with Crippen LogP contribution in [0.25, 0.3) is 5.69 Å². The van der Waals surface area contributed by atoms with Crippen molar-refractivity contribution >= 4 is 11.8 Å². The third kappa shape index (κ3) is 4.39. The SMILES string of the molecule is O=C(NNC(=O)c1cncn1-c1ccccc1)c1ccc(COc2ccccc2)o1. The van der Waals surface area contributed by atoms with E-state index in [9.17, 15) is 9.59 Å². The number of nitrogens with one attached hydrogen (secondary N) is 2. The maximum Gasteiger partial charge on any atom is 0.305 e. The predicted molar refractivity (Wildman–Crippen MR) is 108 cm³/mol. The number of carbonyl (C=O) groups excluding carboxylic acids is 2. The van der Waals surface area contributed by atoms with Gasteiger partial charge in [0.15, 0.2) is 5.76 Å². The molecule has 0 bridgehead atoms. The van der Waals surface area contributed by atoms with Gasteiger partial charge >= 0.3 is 5.91 Å². The first-order valence-corrected chi connectivity index (χ1v) is 9.16. The summed E-state index contributed by atoms with van der Waals surface area (Å²) >= 11 is 0. The number of para-hydroxylation sites is 2. The van der Waals surface area contributed by atoms with E-state index in [1.54, 1.807) is 10.6 Å².